The molecule has 0 bridgehead atoms. The van der Waals surface area contributed by atoms with Gasteiger partial charge >= 0.3 is 0 Å². The summed E-state index contributed by atoms with van der Waals surface area (Å²) < 4.78 is 1.96. The van der Waals surface area contributed by atoms with Gasteiger partial charge in [-0.15, -0.1) is 0 Å². The molecule has 0 saturated carbocycles. The van der Waals surface area contributed by atoms with Gasteiger partial charge in [-0.2, -0.15) is 10.1 Å². The summed E-state index contributed by atoms with van der Waals surface area (Å²) in [6, 6.07) is 20.6. The molecule has 1 aliphatic rings. The average molecular weight is 395 g/mol. The molecule has 1 N–H and O–H groups in total. The molecule has 0 aliphatic carbocycles. The fraction of sp³-hybridized carbons (Fsp3) is 0.143. The summed E-state index contributed by atoms with van der Waals surface area (Å²) in [5.41, 5.74) is 2.25. The molecular weight excluding hydrogens is 379 g/mol. The van der Waals surface area contributed by atoms with Crippen LogP contribution < -0.4 is 5.32 Å². The van der Waals surface area contributed by atoms with Gasteiger partial charge in [-0.25, -0.2) is 4.68 Å². The number of rotatable bonds is 2. The second-order valence-electron chi connectivity index (χ2n) is 6.71. The van der Waals surface area contributed by atoms with Crippen LogP contribution in [0.4, 0.5) is 5.95 Å². The van der Waals surface area contributed by atoms with Crippen LogP contribution in [0, 0.1) is 0 Å². The van der Waals surface area contributed by atoms with Gasteiger partial charge in [-0.1, -0.05) is 71.7 Å². The van der Waals surface area contributed by atoms with E-state index in [2.05, 4.69) is 57.9 Å². The Labute approximate surface area is 166 Å². The molecule has 0 radical (unpaired) electrons. The van der Waals surface area contributed by atoms with Crippen molar-refractivity contribution in [2.75, 3.05) is 5.32 Å². The average Bonchev–Trinajstić information content (AvgIpc) is 3.15. The van der Waals surface area contributed by atoms with Crippen LogP contribution in [0.1, 0.15) is 29.6 Å². The van der Waals surface area contributed by atoms with E-state index in [4.69, 9.17) is 23.2 Å². The van der Waals surface area contributed by atoms with E-state index in [0.717, 1.165) is 17.9 Å². The van der Waals surface area contributed by atoms with Crippen LogP contribution >= 0.6 is 23.2 Å². The molecule has 0 saturated heterocycles. The van der Waals surface area contributed by atoms with E-state index in [1.165, 1.54) is 16.3 Å². The molecule has 4 nitrogen and oxygen atoms in total. The summed E-state index contributed by atoms with van der Waals surface area (Å²) in [7, 11) is 0. The highest BCUT2D eigenvalue weighted by molar-refractivity contribution is 6.35. The van der Waals surface area contributed by atoms with E-state index >= 15 is 0 Å². The summed E-state index contributed by atoms with van der Waals surface area (Å²) in [6.07, 6.45) is 2.40. The van der Waals surface area contributed by atoms with Gasteiger partial charge in [0.25, 0.3) is 0 Å². The Morgan fingerprint density at radius 1 is 0.963 bits per heavy atom. The number of hydrogen-bond donors (Lipinski definition) is 1. The van der Waals surface area contributed by atoms with E-state index < -0.39 is 0 Å². The third kappa shape index (κ3) is 2.85. The Morgan fingerprint density at radius 3 is 2.70 bits per heavy atom. The first-order valence-corrected chi connectivity index (χ1v) is 9.55. The lowest BCUT2D eigenvalue weighted by Gasteiger charge is -2.32. The summed E-state index contributed by atoms with van der Waals surface area (Å²) in [4.78, 5) is 4.41. The highest BCUT2D eigenvalue weighted by Gasteiger charge is 2.31. The first-order valence-electron chi connectivity index (χ1n) is 8.79. The predicted molar refractivity (Wildman–Crippen MR) is 110 cm³/mol. The van der Waals surface area contributed by atoms with Crippen LogP contribution in [0.2, 0.25) is 10.0 Å². The molecule has 1 aromatic heterocycles. The lowest BCUT2D eigenvalue weighted by molar-refractivity contribution is 0.433. The van der Waals surface area contributed by atoms with Crippen molar-refractivity contribution in [3.05, 3.63) is 88.2 Å². The van der Waals surface area contributed by atoms with Crippen LogP contribution in [0.3, 0.4) is 0 Å². The first-order chi connectivity index (χ1) is 13.2. The van der Waals surface area contributed by atoms with Gasteiger partial charge in [0.05, 0.1) is 12.1 Å². The van der Waals surface area contributed by atoms with Crippen molar-refractivity contribution in [1.82, 2.24) is 14.8 Å². The maximum atomic E-state index is 6.49. The van der Waals surface area contributed by atoms with Crippen LogP contribution in [0.5, 0.6) is 0 Å². The zero-order chi connectivity index (χ0) is 18.4. The fourth-order valence-electron chi connectivity index (χ4n) is 3.91. The molecule has 134 valence electrons. The maximum absolute atomic E-state index is 6.49. The Hall–Kier alpha value is -2.56. The van der Waals surface area contributed by atoms with Gasteiger partial charge in [-0.3, -0.25) is 0 Å². The zero-order valence-corrected chi connectivity index (χ0v) is 15.8. The van der Waals surface area contributed by atoms with Gasteiger partial charge < -0.3 is 5.32 Å². The minimum Gasteiger partial charge on any atom is -0.347 e. The highest BCUT2D eigenvalue weighted by atomic mass is 35.5. The van der Waals surface area contributed by atoms with Crippen molar-refractivity contribution in [3.8, 4) is 0 Å². The van der Waals surface area contributed by atoms with Crippen LogP contribution in [0.25, 0.3) is 10.8 Å². The molecule has 2 atom stereocenters. The van der Waals surface area contributed by atoms with Crippen LogP contribution in [-0.2, 0) is 0 Å². The molecule has 0 fully saturated rings. The van der Waals surface area contributed by atoms with Crippen molar-refractivity contribution in [2.45, 2.75) is 18.5 Å². The summed E-state index contributed by atoms with van der Waals surface area (Å²) >= 11 is 12.6. The summed E-state index contributed by atoms with van der Waals surface area (Å²) in [6.45, 7) is 0. The Balaban J connectivity index is 1.64. The molecule has 0 unspecified atom stereocenters. The number of benzene rings is 3. The zero-order valence-electron chi connectivity index (χ0n) is 14.3. The lowest BCUT2D eigenvalue weighted by atomic mass is 9.90. The third-order valence-corrected chi connectivity index (χ3v) is 5.71. The SMILES string of the molecule is Clc1ccc([C@H]2C[C@H](c3cccc4ccccc34)n3ncnc3N2)c(Cl)c1. The quantitative estimate of drug-likeness (QED) is 0.461. The van der Waals surface area contributed by atoms with Crippen molar-refractivity contribution in [3.63, 3.8) is 0 Å². The monoisotopic (exact) mass is 394 g/mol. The minimum atomic E-state index is 0.0236. The molecule has 6 heteroatoms. The molecule has 4 aromatic rings. The molecule has 2 heterocycles. The van der Waals surface area contributed by atoms with Crippen molar-refractivity contribution >= 4 is 39.9 Å². The molecule has 1 aliphatic heterocycles. The van der Waals surface area contributed by atoms with E-state index in [0.29, 0.717) is 10.0 Å². The Bertz CT molecular complexity index is 1130. The largest absolute Gasteiger partial charge is 0.347 e. The van der Waals surface area contributed by atoms with Gasteiger partial charge in [0.15, 0.2) is 0 Å². The van der Waals surface area contributed by atoms with Gasteiger partial charge in [0.2, 0.25) is 5.95 Å². The minimum absolute atomic E-state index is 0.0236. The highest BCUT2D eigenvalue weighted by Crippen LogP contribution is 2.41. The lowest BCUT2D eigenvalue weighted by Crippen LogP contribution is -2.28. The predicted octanol–water partition coefficient (Wildman–Crippen LogP) is 5.88. The maximum Gasteiger partial charge on any atom is 0.222 e. The van der Waals surface area contributed by atoms with Gasteiger partial charge in [-0.05, 0) is 40.5 Å². The molecule has 3 aromatic carbocycles. The Morgan fingerprint density at radius 2 is 1.81 bits per heavy atom. The number of anilines is 1. The van der Waals surface area contributed by atoms with Crippen LogP contribution in [0.15, 0.2) is 67.0 Å². The fourth-order valence-corrected chi connectivity index (χ4v) is 4.45. The molecule has 0 amide bonds. The number of aromatic nitrogens is 3. The number of nitrogens with one attached hydrogen (secondary N) is 1. The summed E-state index contributed by atoms with van der Waals surface area (Å²) in [5, 5.41) is 11.7. The van der Waals surface area contributed by atoms with Gasteiger partial charge in [0.1, 0.15) is 6.33 Å². The van der Waals surface area contributed by atoms with Crippen molar-refractivity contribution < 1.29 is 0 Å². The van der Waals surface area contributed by atoms with Crippen molar-refractivity contribution in [2.24, 2.45) is 0 Å². The number of hydrogen-bond acceptors (Lipinski definition) is 3. The summed E-state index contributed by atoms with van der Waals surface area (Å²) in [5.74, 6) is 0.746. The van der Waals surface area contributed by atoms with E-state index in [1.807, 2.05) is 16.8 Å². The van der Waals surface area contributed by atoms with E-state index in [-0.39, 0.29) is 12.1 Å². The number of nitrogens with zero attached hydrogens (tertiary/aromatic N) is 3. The molecule has 27 heavy (non-hydrogen) atoms. The number of halogens is 2. The molecular formula is C21H16Cl2N4. The molecule has 0 spiro atoms. The van der Waals surface area contributed by atoms with Crippen molar-refractivity contribution in [1.29, 1.82) is 0 Å². The second kappa shape index (κ2) is 6.55. The topological polar surface area (TPSA) is 42.7 Å². The van der Waals surface area contributed by atoms with E-state index in [9.17, 15) is 0 Å². The first kappa shape index (κ1) is 16.6. The van der Waals surface area contributed by atoms with Gasteiger partial charge in [0, 0.05) is 10.0 Å². The smallest absolute Gasteiger partial charge is 0.222 e. The van der Waals surface area contributed by atoms with E-state index in [1.54, 1.807) is 12.4 Å². The standard InChI is InChI=1S/C21H16Cl2N4/c22-14-8-9-17(18(23)10-14)19-11-20(27-21(26-19)24-12-25-27)16-7-3-5-13-4-1-2-6-15(13)16/h1-10,12,19-20H,11H2,(H,24,25,26)/t19-,20-/m1/s1. The molecule has 5 rings (SSSR count). The third-order valence-electron chi connectivity index (χ3n) is 5.15. The normalized spacial score (nSPS) is 18.9. The Kier molecular flexibility index (Phi) is 4.03. The van der Waals surface area contributed by atoms with Crippen LogP contribution in [-0.4, -0.2) is 14.8 Å². The number of fused-ring (bicyclic) bond motifs is 2. The second-order valence-corrected chi connectivity index (χ2v) is 7.55.